The zero-order valence-electron chi connectivity index (χ0n) is 15.8. The quantitative estimate of drug-likeness (QED) is 0.637. The SMILES string of the molecule is COc1cccc2[nH]cc(CC(=O)Nc3cc(N4CCNC4=O)ccc3C)c12. The lowest BCUT2D eigenvalue weighted by atomic mass is 10.1. The molecule has 3 aromatic rings. The summed E-state index contributed by atoms with van der Waals surface area (Å²) in [5, 5.41) is 6.68. The largest absolute Gasteiger partial charge is 0.496 e. The summed E-state index contributed by atoms with van der Waals surface area (Å²) < 4.78 is 5.43. The summed E-state index contributed by atoms with van der Waals surface area (Å²) in [6, 6.07) is 11.3. The molecule has 144 valence electrons. The van der Waals surface area contributed by atoms with Crippen molar-refractivity contribution in [2.45, 2.75) is 13.3 Å². The summed E-state index contributed by atoms with van der Waals surface area (Å²) >= 11 is 0. The molecule has 1 saturated heterocycles. The van der Waals surface area contributed by atoms with Crippen LogP contribution in [0, 0.1) is 6.92 Å². The monoisotopic (exact) mass is 378 g/mol. The van der Waals surface area contributed by atoms with Gasteiger partial charge >= 0.3 is 6.03 Å². The normalized spacial score (nSPS) is 13.6. The predicted molar refractivity (Wildman–Crippen MR) is 109 cm³/mol. The van der Waals surface area contributed by atoms with Crippen molar-refractivity contribution < 1.29 is 14.3 Å². The fourth-order valence-corrected chi connectivity index (χ4v) is 3.53. The number of rotatable bonds is 5. The Balaban J connectivity index is 1.55. The van der Waals surface area contributed by atoms with Crippen LogP contribution in [0.3, 0.4) is 0 Å². The number of hydrogen-bond donors (Lipinski definition) is 3. The number of H-pyrrole nitrogens is 1. The van der Waals surface area contributed by atoms with E-state index in [0.29, 0.717) is 18.8 Å². The van der Waals surface area contributed by atoms with E-state index in [4.69, 9.17) is 4.74 Å². The standard InChI is InChI=1S/C21H22N4O3/c1-13-6-7-15(25-9-8-22-21(25)27)11-17(13)24-19(26)10-14-12-23-16-4-3-5-18(28-2)20(14)16/h3-7,11-12,23H,8-10H2,1-2H3,(H,22,27)(H,24,26). The average molecular weight is 378 g/mol. The van der Waals surface area contributed by atoms with E-state index in [1.54, 1.807) is 12.0 Å². The summed E-state index contributed by atoms with van der Waals surface area (Å²) in [6.45, 7) is 3.17. The molecule has 7 heteroatoms. The number of anilines is 2. The maximum atomic E-state index is 12.7. The molecule has 0 atom stereocenters. The first kappa shape index (κ1) is 17.9. The Bertz CT molecular complexity index is 1060. The molecule has 4 rings (SSSR count). The molecular formula is C21H22N4O3. The lowest BCUT2D eigenvalue weighted by molar-refractivity contribution is -0.115. The van der Waals surface area contributed by atoms with Crippen LogP contribution in [0.1, 0.15) is 11.1 Å². The number of carbonyl (C=O) groups excluding carboxylic acids is 2. The molecule has 1 aliphatic rings. The highest BCUT2D eigenvalue weighted by Gasteiger charge is 2.22. The number of benzene rings is 2. The lowest BCUT2D eigenvalue weighted by Crippen LogP contribution is -2.27. The van der Waals surface area contributed by atoms with Gasteiger partial charge in [-0.2, -0.15) is 0 Å². The third kappa shape index (κ3) is 3.26. The van der Waals surface area contributed by atoms with Crippen molar-refractivity contribution in [2.75, 3.05) is 30.4 Å². The molecule has 0 aliphatic carbocycles. The zero-order chi connectivity index (χ0) is 19.7. The van der Waals surface area contributed by atoms with Crippen molar-refractivity contribution in [3.05, 3.63) is 53.7 Å². The first-order chi connectivity index (χ1) is 13.6. The van der Waals surface area contributed by atoms with E-state index >= 15 is 0 Å². The smallest absolute Gasteiger partial charge is 0.321 e. The van der Waals surface area contributed by atoms with E-state index < -0.39 is 0 Å². The van der Waals surface area contributed by atoms with E-state index in [0.717, 1.165) is 33.5 Å². The topological polar surface area (TPSA) is 86.5 Å². The number of nitrogens with zero attached hydrogens (tertiary/aromatic N) is 1. The second-order valence-electron chi connectivity index (χ2n) is 6.80. The molecule has 0 bridgehead atoms. The van der Waals surface area contributed by atoms with Crippen LogP contribution in [0.4, 0.5) is 16.2 Å². The average Bonchev–Trinajstić information content (AvgIpc) is 3.30. The molecule has 28 heavy (non-hydrogen) atoms. The first-order valence-corrected chi connectivity index (χ1v) is 9.15. The summed E-state index contributed by atoms with van der Waals surface area (Å²) in [5.74, 6) is 0.609. The van der Waals surface area contributed by atoms with Crippen molar-refractivity contribution >= 4 is 34.2 Å². The van der Waals surface area contributed by atoms with E-state index in [9.17, 15) is 9.59 Å². The Morgan fingerprint density at radius 3 is 2.89 bits per heavy atom. The van der Waals surface area contributed by atoms with Gasteiger partial charge in [-0.3, -0.25) is 9.69 Å². The molecule has 0 unspecified atom stereocenters. The summed E-state index contributed by atoms with van der Waals surface area (Å²) in [4.78, 5) is 29.5. The second-order valence-corrected chi connectivity index (χ2v) is 6.80. The van der Waals surface area contributed by atoms with E-state index in [-0.39, 0.29) is 18.4 Å². The Hall–Kier alpha value is -3.48. The van der Waals surface area contributed by atoms with Gasteiger partial charge in [0.25, 0.3) is 0 Å². The minimum absolute atomic E-state index is 0.119. The molecule has 2 aromatic carbocycles. The van der Waals surface area contributed by atoms with Gasteiger partial charge in [-0.15, -0.1) is 0 Å². The molecule has 0 spiro atoms. The summed E-state index contributed by atoms with van der Waals surface area (Å²) in [7, 11) is 1.62. The highest BCUT2D eigenvalue weighted by Crippen LogP contribution is 2.29. The molecule has 3 amide bonds. The third-order valence-corrected chi connectivity index (χ3v) is 4.98. The van der Waals surface area contributed by atoms with Gasteiger partial charge in [0.1, 0.15) is 5.75 Å². The van der Waals surface area contributed by atoms with Crippen LogP contribution in [-0.2, 0) is 11.2 Å². The maximum absolute atomic E-state index is 12.7. The van der Waals surface area contributed by atoms with Gasteiger partial charge in [-0.05, 0) is 42.3 Å². The minimum Gasteiger partial charge on any atom is -0.496 e. The molecular weight excluding hydrogens is 356 g/mol. The molecule has 7 nitrogen and oxygen atoms in total. The lowest BCUT2D eigenvalue weighted by Gasteiger charge is -2.17. The van der Waals surface area contributed by atoms with Crippen molar-refractivity contribution in [3.63, 3.8) is 0 Å². The molecule has 0 radical (unpaired) electrons. The van der Waals surface area contributed by atoms with E-state index in [2.05, 4.69) is 15.6 Å². The van der Waals surface area contributed by atoms with Crippen LogP contribution < -0.4 is 20.3 Å². The van der Waals surface area contributed by atoms with E-state index in [1.165, 1.54) is 0 Å². The van der Waals surface area contributed by atoms with Crippen molar-refractivity contribution in [2.24, 2.45) is 0 Å². The number of hydrogen-bond acceptors (Lipinski definition) is 3. The molecule has 1 aromatic heterocycles. The van der Waals surface area contributed by atoms with Gasteiger partial charge in [-0.1, -0.05) is 12.1 Å². The number of aromatic nitrogens is 1. The molecule has 3 N–H and O–H groups in total. The Morgan fingerprint density at radius 1 is 1.29 bits per heavy atom. The minimum atomic E-state index is -0.127. The number of methoxy groups -OCH3 is 1. The van der Waals surface area contributed by atoms with Crippen LogP contribution in [0.5, 0.6) is 5.75 Å². The van der Waals surface area contributed by atoms with Crippen molar-refractivity contribution in [1.29, 1.82) is 0 Å². The Morgan fingerprint density at radius 2 is 2.14 bits per heavy atom. The van der Waals surface area contributed by atoms with Gasteiger partial charge < -0.3 is 20.4 Å². The van der Waals surface area contributed by atoms with E-state index in [1.807, 2.05) is 49.5 Å². The summed E-state index contributed by atoms with van der Waals surface area (Å²) in [5.41, 5.74) is 4.21. The number of nitrogens with one attached hydrogen (secondary N) is 3. The van der Waals surface area contributed by atoms with Crippen molar-refractivity contribution in [1.82, 2.24) is 10.3 Å². The number of ether oxygens (including phenoxy) is 1. The number of amides is 3. The van der Waals surface area contributed by atoms with Gasteiger partial charge in [-0.25, -0.2) is 4.79 Å². The number of urea groups is 1. The second kappa shape index (κ2) is 7.26. The maximum Gasteiger partial charge on any atom is 0.321 e. The highest BCUT2D eigenvalue weighted by molar-refractivity contribution is 5.99. The fourth-order valence-electron chi connectivity index (χ4n) is 3.53. The molecule has 0 saturated carbocycles. The molecule has 1 aliphatic heterocycles. The van der Waals surface area contributed by atoms with Crippen LogP contribution in [0.25, 0.3) is 10.9 Å². The van der Waals surface area contributed by atoms with Gasteiger partial charge in [0, 0.05) is 41.6 Å². The molecule has 2 heterocycles. The first-order valence-electron chi connectivity index (χ1n) is 9.15. The highest BCUT2D eigenvalue weighted by atomic mass is 16.5. The predicted octanol–water partition coefficient (Wildman–Crippen LogP) is 3.20. The number of fused-ring (bicyclic) bond motifs is 1. The van der Waals surface area contributed by atoms with Crippen LogP contribution in [0.2, 0.25) is 0 Å². The number of aryl methyl sites for hydroxylation is 1. The Labute approximate surface area is 162 Å². The third-order valence-electron chi connectivity index (χ3n) is 4.98. The number of carbonyl (C=O) groups is 2. The molecule has 1 fully saturated rings. The Kier molecular flexibility index (Phi) is 4.65. The number of aromatic amines is 1. The van der Waals surface area contributed by atoms with Crippen LogP contribution in [-0.4, -0.2) is 37.1 Å². The van der Waals surface area contributed by atoms with Gasteiger partial charge in [0.2, 0.25) is 5.91 Å². The van der Waals surface area contributed by atoms with Crippen molar-refractivity contribution in [3.8, 4) is 5.75 Å². The summed E-state index contributed by atoms with van der Waals surface area (Å²) in [6.07, 6.45) is 2.05. The van der Waals surface area contributed by atoms with Crippen LogP contribution >= 0.6 is 0 Å². The zero-order valence-corrected chi connectivity index (χ0v) is 15.8. The fraction of sp³-hybridized carbons (Fsp3) is 0.238. The van der Waals surface area contributed by atoms with Gasteiger partial charge in [0.15, 0.2) is 0 Å². The van der Waals surface area contributed by atoms with Crippen LogP contribution in [0.15, 0.2) is 42.6 Å². The van der Waals surface area contributed by atoms with Gasteiger partial charge in [0.05, 0.1) is 13.5 Å².